The van der Waals surface area contributed by atoms with E-state index in [1.54, 1.807) is 12.4 Å². The van der Waals surface area contributed by atoms with Gasteiger partial charge in [-0.1, -0.05) is 11.6 Å². The summed E-state index contributed by atoms with van der Waals surface area (Å²) in [7, 11) is 0. The minimum Gasteiger partial charge on any atom is -0.489 e. The number of hydrogen-bond donors (Lipinski definition) is 0. The number of fused-ring (bicyclic) bond motifs is 1. The molecule has 3 aromatic rings. The van der Waals surface area contributed by atoms with E-state index in [9.17, 15) is 0 Å². The van der Waals surface area contributed by atoms with Crippen LogP contribution in [-0.2, 0) is 6.54 Å². The monoisotopic (exact) mass is 328 g/mol. The average Bonchev–Trinajstić information content (AvgIpc) is 3.14. The van der Waals surface area contributed by atoms with Crippen LogP contribution in [0.3, 0.4) is 0 Å². The Kier molecular flexibility index (Phi) is 3.89. The number of ether oxygens (including phenoxy) is 1. The van der Waals surface area contributed by atoms with Crippen molar-refractivity contribution in [2.45, 2.75) is 19.1 Å². The molecule has 0 aromatic carbocycles. The molecule has 1 aliphatic rings. The largest absolute Gasteiger partial charge is 0.489 e. The molecule has 1 fully saturated rings. The fraction of sp³-hybridized carbons (Fsp3) is 0.294. The summed E-state index contributed by atoms with van der Waals surface area (Å²) in [6.07, 6.45) is 8.68. The zero-order valence-electron chi connectivity index (χ0n) is 12.6. The Hall–Kier alpha value is -2.11. The molecule has 0 unspecified atom stereocenters. The minimum absolute atomic E-state index is 0.226. The first-order valence-electron chi connectivity index (χ1n) is 7.68. The molecule has 4 heterocycles. The van der Waals surface area contributed by atoms with E-state index in [-0.39, 0.29) is 6.10 Å². The number of likely N-dealkylation sites (tertiary alicyclic amines) is 1. The molecule has 1 aliphatic heterocycles. The van der Waals surface area contributed by atoms with Crippen LogP contribution in [0.4, 0.5) is 0 Å². The van der Waals surface area contributed by atoms with Gasteiger partial charge in [0.2, 0.25) is 0 Å². The first kappa shape index (κ1) is 14.5. The highest BCUT2D eigenvalue weighted by Crippen LogP contribution is 2.19. The Labute approximate surface area is 139 Å². The van der Waals surface area contributed by atoms with E-state index in [1.807, 2.05) is 41.1 Å². The number of halogens is 1. The van der Waals surface area contributed by atoms with E-state index >= 15 is 0 Å². The maximum absolute atomic E-state index is 6.01. The van der Waals surface area contributed by atoms with Crippen LogP contribution in [-0.4, -0.2) is 38.5 Å². The Morgan fingerprint density at radius 2 is 2.04 bits per heavy atom. The standard InChI is InChI=1S/C17H17ClN4O/c18-13-1-2-17-20-14(11-22(17)9-13)10-21-8-5-16(12-21)23-15-3-6-19-7-4-15/h1-4,6-7,9,11,16H,5,8,10,12H2/t16-/m0/s1. The van der Waals surface area contributed by atoms with Gasteiger partial charge in [0.25, 0.3) is 0 Å². The highest BCUT2D eigenvalue weighted by molar-refractivity contribution is 6.30. The van der Waals surface area contributed by atoms with Gasteiger partial charge in [-0.05, 0) is 30.7 Å². The van der Waals surface area contributed by atoms with E-state index in [0.29, 0.717) is 5.02 Å². The lowest BCUT2D eigenvalue weighted by Crippen LogP contribution is -2.24. The van der Waals surface area contributed by atoms with Crippen LogP contribution >= 0.6 is 11.6 Å². The second-order valence-electron chi connectivity index (χ2n) is 5.79. The van der Waals surface area contributed by atoms with Crippen molar-refractivity contribution in [3.05, 3.63) is 59.8 Å². The Bertz CT molecular complexity index is 805. The Balaban J connectivity index is 1.39. The summed E-state index contributed by atoms with van der Waals surface area (Å²) in [5.74, 6) is 0.884. The highest BCUT2D eigenvalue weighted by atomic mass is 35.5. The van der Waals surface area contributed by atoms with E-state index in [2.05, 4.69) is 14.9 Å². The SMILES string of the molecule is Clc1ccc2nc(CN3CC[C@H](Oc4ccncc4)C3)cn2c1. The van der Waals surface area contributed by atoms with Crippen molar-refractivity contribution in [2.75, 3.05) is 13.1 Å². The third kappa shape index (κ3) is 3.30. The summed E-state index contributed by atoms with van der Waals surface area (Å²) in [5.41, 5.74) is 1.98. The third-order valence-electron chi connectivity index (χ3n) is 4.03. The summed E-state index contributed by atoms with van der Waals surface area (Å²) in [5, 5.41) is 0.716. The second kappa shape index (κ2) is 6.18. The van der Waals surface area contributed by atoms with Gasteiger partial charge in [-0.15, -0.1) is 0 Å². The molecular weight excluding hydrogens is 312 g/mol. The summed E-state index contributed by atoms with van der Waals surface area (Å²) >= 11 is 6.01. The van der Waals surface area contributed by atoms with Crippen molar-refractivity contribution in [1.29, 1.82) is 0 Å². The van der Waals surface area contributed by atoms with Gasteiger partial charge in [0.15, 0.2) is 0 Å². The molecule has 118 valence electrons. The van der Waals surface area contributed by atoms with Gasteiger partial charge < -0.3 is 9.14 Å². The summed E-state index contributed by atoms with van der Waals surface area (Å²) in [6.45, 7) is 2.76. The van der Waals surface area contributed by atoms with E-state index in [1.165, 1.54) is 0 Å². The van der Waals surface area contributed by atoms with Crippen molar-refractivity contribution >= 4 is 17.2 Å². The second-order valence-corrected chi connectivity index (χ2v) is 6.23. The first-order chi connectivity index (χ1) is 11.3. The highest BCUT2D eigenvalue weighted by Gasteiger charge is 2.24. The van der Waals surface area contributed by atoms with Gasteiger partial charge >= 0.3 is 0 Å². The van der Waals surface area contributed by atoms with Gasteiger partial charge in [0.05, 0.1) is 10.7 Å². The molecule has 0 N–H and O–H groups in total. The Morgan fingerprint density at radius 3 is 2.91 bits per heavy atom. The van der Waals surface area contributed by atoms with Crippen LogP contribution in [0.2, 0.25) is 5.02 Å². The topological polar surface area (TPSA) is 42.7 Å². The quantitative estimate of drug-likeness (QED) is 0.738. The van der Waals surface area contributed by atoms with E-state index in [0.717, 1.165) is 43.1 Å². The maximum Gasteiger partial charge on any atom is 0.137 e. The molecule has 1 atom stereocenters. The van der Waals surface area contributed by atoms with Crippen LogP contribution in [0, 0.1) is 0 Å². The molecule has 1 saturated heterocycles. The normalized spacial score (nSPS) is 18.6. The van der Waals surface area contributed by atoms with Gasteiger partial charge in [0.1, 0.15) is 17.5 Å². The van der Waals surface area contributed by atoms with Crippen LogP contribution in [0.25, 0.3) is 5.65 Å². The van der Waals surface area contributed by atoms with Gasteiger partial charge in [-0.3, -0.25) is 9.88 Å². The van der Waals surface area contributed by atoms with Crippen molar-refractivity contribution in [2.24, 2.45) is 0 Å². The van der Waals surface area contributed by atoms with Crippen LogP contribution < -0.4 is 4.74 Å². The molecule has 3 aromatic heterocycles. The lowest BCUT2D eigenvalue weighted by Gasteiger charge is -2.15. The van der Waals surface area contributed by atoms with Crippen molar-refractivity contribution in [3.63, 3.8) is 0 Å². The fourth-order valence-electron chi connectivity index (χ4n) is 2.97. The van der Waals surface area contributed by atoms with E-state index in [4.69, 9.17) is 16.3 Å². The number of hydrogen-bond acceptors (Lipinski definition) is 4. The predicted molar refractivity (Wildman–Crippen MR) is 88.7 cm³/mol. The van der Waals surface area contributed by atoms with Crippen LogP contribution in [0.5, 0.6) is 5.75 Å². The lowest BCUT2D eigenvalue weighted by molar-refractivity contribution is 0.198. The molecule has 0 radical (unpaired) electrons. The van der Waals surface area contributed by atoms with E-state index < -0.39 is 0 Å². The summed E-state index contributed by atoms with van der Waals surface area (Å²) in [4.78, 5) is 11.0. The molecule has 0 spiro atoms. The number of aromatic nitrogens is 3. The van der Waals surface area contributed by atoms with Gasteiger partial charge in [-0.2, -0.15) is 0 Å². The molecule has 0 amide bonds. The van der Waals surface area contributed by atoms with Crippen molar-refractivity contribution in [1.82, 2.24) is 19.3 Å². The van der Waals surface area contributed by atoms with Crippen molar-refractivity contribution in [3.8, 4) is 5.75 Å². The molecule has 0 aliphatic carbocycles. The summed E-state index contributed by atoms with van der Waals surface area (Å²) in [6, 6.07) is 7.59. The fourth-order valence-corrected chi connectivity index (χ4v) is 3.14. The molecule has 23 heavy (non-hydrogen) atoms. The average molecular weight is 329 g/mol. The summed E-state index contributed by atoms with van der Waals surface area (Å²) < 4.78 is 7.96. The Morgan fingerprint density at radius 1 is 1.17 bits per heavy atom. The molecule has 0 saturated carbocycles. The number of rotatable bonds is 4. The zero-order chi connectivity index (χ0) is 15.6. The molecular formula is C17H17ClN4O. The molecule has 4 rings (SSSR count). The molecule has 0 bridgehead atoms. The number of imidazole rings is 1. The van der Waals surface area contributed by atoms with Gasteiger partial charge in [-0.25, -0.2) is 4.98 Å². The zero-order valence-corrected chi connectivity index (χ0v) is 13.4. The number of nitrogens with zero attached hydrogens (tertiary/aromatic N) is 4. The van der Waals surface area contributed by atoms with Crippen LogP contribution in [0.15, 0.2) is 49.1 Å². The maximum atomic E-state index is 6.01. The van der Waals surface area contributed by atoms with Crippen LogP contribution in [0.1, 0.15) is 12.1 Å². The lowest BCUT2D eigenvalue weighted by atomic mass is 10.3. The van der Waals surface area contributed by atoms with Crippen molar-refractivity contribution < 1.29 is 4.74 Å². The predicted octanol–water partition coefficient (Wildman–Crippen LogP) is 3.04. The smallest absolute Gasteiger partial charge is 0.137 e. The first-order valence-corrected chi connectivity index (χ1v) is 8.06. The molecule has 5 nitrogen and oxygen atoms in total. The minimum atomic E-state index is 0.226. The number of pyridine rings is 2. The molecule has 6 heteroatoms. The van der Waals surface area contributed by atoms with Gasteiger partial charge in [0, 0.05) is 44.4 Å². The third-order valence-corrected chi connectivity index (χ3v) is 4.26.